The average Bonchev–Trinajstić information content (AvgIpc) is 2.92. The van der Waals surface area contributed by atoms with Crippen LogP contribution in [0.4, 0.5) is 17.6 Å². The summed E-state index contributed by atoms with van der Waals surface area (Å²) in [4.78, 5) is 27.4. The van der Waals surface area contributed by atoms with E-state index in [9.17, 15) is 27.2 Å². The highest BCUT2D eigenvalue weighted by atomic mass is 19.3. The zero-order valence-corrected chi connectivity index (χ0v) is 15.0. The first-order valence-electron chi connectivity index (χ1n) is 9.16. The Morgan fingerprint density at radius 2 is 1.19 bits per heavy atom. The molecule has 0 aromatic carbocycles. The number of hydrogen-bond acceptors (Lipinski definition) is 4. The number of carbonyl (C=O) groups excluding carboxylic acids is 2. The quantitative estimate of drug-likeness (QED) is 0.662. The Morgan fingerprint density at radius 3 is 1.59 bits per heavy atom. The fourth-order valence-electron chi connectivity index (χ4n) is 3.92. The van der Waals surface area contributed by atoms with E-state index in [4.69, 9.17) is 9.47 Å². The summed E-state index contributed by atoms with van der Waals surface area (Å²) in [7, 11) is 0. The maximum atomic E-state index is 13.7. The second-order valence-corrected chi connectivity index (χ2v) is 7.54. The summed E-state index contributed by atoms with van der Waals surface area (Å²) in [5.41, 5.74) is 0. The van der Waals surface area contributed by atoms with Gasteiger partial charge in [0.1, 0.15) is 13.2 Å². The Labute approximate surface area is 154 Å². The zero-order valence-electron chi connectivity index (χ0n) is 15.0. The molecule has 0 aromatic rings. The second kappa shape index (κ2) is 7.90. The average molecular weight is 396 g/mol. The molecule has 10 heteroatoms. The topological polar surface area (TPSA) is 59.1 Å². The monoisotopic (exact) mass is 396 g/mol. The number of ether oxygens (including phenoxy) is 2. The maximum Gasteiger partial charge on any atom is 0.288 e. The first-order chi connectivity index (χ1) is 12.7. The molecule has 1 aliphatic carbocycles. The van der Waals surface area contributed by atoms with Gasteiger partial charge in [-0.3, -0.25) is 9.59 Å². The van der Waals surface area contributed by atoms with Crippen LogP contribution in [-0.2, 0) is 19.1 Å². The number of rotatable bonds is 2. The highest BCUT2D eigenvalue weighted by Crippen LogP contribution is 2.35. The number of alkyl halides is 4. The molecule has 0 bridgehead atoms. The summed E-state index contributed by atoms with van der Waals surface area (Å²) in [6.45, 7) is -2.58. The van der Waals surface area contributed by atoms with Crippen molar-refractivity contribution in [3.8, 4) is 0 Å². The molecule has 2 heterocycles. The molecular formula is C17H24F4N2O4. The van der Waals surface area contributed by atoms with Crippen LogP contribution in [0.3, 0.4) is 0 Å². The third-order valence-electron chi connectivity index (χ3n) is 5.24. The third-order valence-corrected chi connectivity index (χ3v) is 5.24. The molecule has 154 valence electrons. The van der Waals surface area contributed by atoms with Crippen molar-refractivity contribution in [2.75, 3.05) is 52.6 Å². The van der Waals surface area contributed by atoms with Crippen molar-refractivity contribution in [3.05, 3.63) is 0 Å². The van der Waals surface area contributed by atoms with Gasteiger partial charge in [0.2, 0.25) is 11.8 Å². The summed E-state index contributed by atoms with van der Waals surface area (Å²) < 4.78 is 64.3. The SMILES string of the molecule is O=C([C@@H]1CC[C@H](C(=O)N2CCOCC(F)(F)C2)C1)N1CCOCC(F)(F)C1. The molecule has 0 unspecified atom stereocenters. The molecule has 2 amide bonds. The van der Waals surface area contributed by atoms with Crippen LogP contribution < -0.4 is 0 Å². The van der Waals surface area contributed by atoms with Crippen molar-refractivity contribution >= 4 is 11.8 Å². The second-order valence-electron chi connectivity index (χ2n) is 7.54. The maximum absolute atomic E-state index is 13.7. The Hall–Kier alpha value is -1.42. The van der Waals surface area contributed by atoms with Gasteiger partial charge in [0.25, 0.3) is 11.8 Å². The molecular weight excluding hydrogens is 372 g/mol. The molecule has 3 aliphatic rings. The van der Waals surface area contributed by atoms with Crippen LogP contribution in [0.5, 0.6) is 0 Å². The van der Waals surface area contributed by atoms with Gasteiger partial charge in [-0.1, -0.05) is 0 Å². The molecule has 2 saturated heterocycles. The van der Waals surface area contributed by atoms with Crippen LogP contribution in [0.2, 0.25) is 0 Å². The van der Waals surface area contributed by atoms with E-state index < -0.39 is 61.8 Å². The van der Waals surface area contributed by atoms with Gasteiger partial charge in [-0.2, -0.15) is 0 Å². The van der Waals surface area contributed by atoms with Crippen LogP contribution >= 0.6 is 0 Å². The minimum atomic E-state index is -3.10. The lowest BCUT2D eigenvalue weighted by atomic mass is 10.0. The molecule has 0 spiro atoms. The predicted octanol–water partition coefficient (Wildman–Crippen LogP) is 1.39. The van der Waals surface area contributed by atoms with Crippen LogP contribution in [0.25, 0.3) is 0 Å². The number of nitrogens with zero attached hydrogens (tertiary/aromatic N) is 2. The molecule has 27 heavy (non-hydrogen) atoms. The van der Waals surface area contributed by atoms with Gasteiger partial charge < -0.3 is 19.3 Å². The van der Waals surface area contributed by atoms with Crippen molar-refractivity contribution in [1.82, 2.24) is 9.80 Å². The van der Waals surface area contributed by atoms with E-state index in [1.165, 1.54) is 0 Å². The lowest BCUT2D eigenvalue weighted by Gasteiger charge is -2.27. The normalized spacial score (nSPS) is 31.3. The molecule has 6 nitrogen and oxygen atoms in total. The van der Waals surface area contributed by atoms with E-state index >= 15 is 0 Å². The van der Waals surface area contributed by atoms with E-state index in [0.717, 1.165) is 9.80 Å². The molecule has 1 saturated carbocycles. The number of amides is 2. The van der Waals surface area contributed by atoms with Gasteiger partial charge in [-0.05, 0) is 19.3 Å². The van der Waals surface area contributed by atoms with Crippen molar-refractivity contribution < 1.29 is 36.6 Å². The van der Waals surface area contributed by atoms with Gasteiger partial charge in [0.15, 0.2) is 0 Å². The van der Waals surface area contributed by atoms with E-state index in [2.05, 4.69) is 0 Å². The lowest BCUT2D eigenvalue weighted by Crippen LogP contribution is -2.44. The Kier molecular flexibility index (Phi) is 5.95. The molecule has 3 rings (SSSR count). The van der Waals surface area contributed by atoms with Gasteiger partial charge in [-0.15, -0.1) is 0 Å². The van der Waals surface area contributed by atoms with Crippen molar-refractivity contribution in [2.24, 2.45) is 11.8 Å². The number of hydrogen-bond donors (Lipinski definition) is 0. The molecule has 3 fully saturated rings. The molecule has 0 radical (unpaired) electrons. The van der Waals surface area contributed by atoms with Crippen LogP contribution in [-0.4, -0.2) is 86.1 Å². The summed E-state index contributed by atoms with van der Waals surface area (Å²) in [6.07, 6.45) is 0.974. The van der Waals surface area contributed by atoms with Crippen LogP contribution in [0, 0.1) is 11.8 Å². The highest BCUT2D eigenvalue weighted by Gasteiger charge is 2.43. The van der Waals surface area contributed by atoms with E-state index in [0.29, 0.717) is 12.8 Å². The predicted molar refractivity (Wildman–Crippen MR) is 85.5 cm³/mol. The molecule has 0 N–H and O–H groups in total. The minimum absolute atomic E-state index is 0.0409. The minimum Gasteiger partial charge on any atom is -0.373 e. The Balaban J connectivity index is 1.59. The smallest absolute Gasteiger partial charge is 0.288 e. The third kappa shape index (κ3) is 5.10. The Bertz CT molecular complexity index is 527. The summed E-state index contributed by atoms with van der Waals surface area (Å²) in [5, 5.41) is 0. The Morgan fingerprint density at radius 1 is 0.778 bits per heavy atom. The summed E-state index contributed by atoms with van der Waals surface area (Å²) in [5.74, 6) is -8.12. The van der Waals surface area contributed by atoms with Crippen molar-refractivity contribution in [3.63, 3.8) is 0 Å². The number of carbonyl (C=O) groups is 2. The van der Waals surface area contributed by atoms with Crippen molar-refractivity contribution in [2.45, 2.75) is 31.1 Å². The summed E-state index contributed by atoms with van der Waals surface area (Å²) >= 11 is 0. The molecule has 0 aromatic heterocycles. The van der Waals surface area contributed by atoms with Gasteiger partial charge in [0, 0.05) is 24.9 Å². The molecule has 2 atom stereocenters. The van der Waals surface area contributed by atoms with Crippen LogP contribution in [0.15, 0.2) is 0 Å². The molecule has 2 aliphatic heterocycles. The first kappa shape index (κ1) is 20.3. The van der Waals surface area contributed by atoms with Crippen molar-refractivity contribution in [1.29, 1.82) is 0 Å². The fourth-order valence-corrected chi connectivity index (χ4v) is 3.92. The zero-order chi connectivity index (χ0) is 19.7. The first-order valence-corrected chi connectivity index (χ1v) is 9.16. The largest absolute Gasteiger partial charge is 0.373 e. The highest BCUT2D eigenvalue weighted by molar-refractivity contribution is 5.83. The standard InChI is InChI=1S/C17H24F4N2O4/c18-16(19)8-22(3-5-26-10-16)14(24)12-1-2-13(7-12)15(25)23-4-6-27-11-17(20,21)9-23/h12-13H,1-11H2/t12-,13+. The van der Waals surface area contributed by atoms with Gasteiger partial charge in [-0.25, -0.2) is 17.6 Å². The van der Waals surface area contributed by atoms with E-state index in [-0.39, 0.29) is 32.7 Å². The van der Waals surface area contributed by atoms with E-state index in [1.54, 1.807) is 0 Å². The number of halogens is 4. The van der Waals surface area contributed by atoms with Crippen LogP contribution in [0.1, 0.15) is 19.3 Å². The lowest BCUT2D eigenvalue weighted by molar-refractivity contribution is -0.141. The van der Waals surface area contributed by atoms with Gasteiger partial charge in [0.05, 0.1) is 26.3 Å². The summed E-state index contributed by atoms with van der Waals surface area (Å²) in [6, 6.07) is 0. The van der Waals surface area contributed by atoms with Gasteiger partial charge >= 0.3 is 0 Å². The fraction of sp³-hybridized carbons (Fsp3) is 0.882. The van der Waals surface area contributed by atoms with E-state index in [1.807, 2.05) is 0 Å².